The summed E-state index contributed by atoms with van der Waals surface area (Å²) >= 11 is 0. The van der Waals surface area contributed by atoms with Crippen LogP contribution < -0.4 is 5.73 Å². The van der Waals surface area contributed by atoms with Crippen LogP contribution in [0.1, 0.15) is 0 Å². The fraction of sp³-hybridized carbons (Fsp3) is 0. The topological polar surface area (TPSA) is 38.9 Å². The highest BCUT2D eigenvalue weighted by Crippen LogP contribution is 2.30. The molecule has 0 aliphatic carbocycles. The Kier molecular flexibility index (Phi) is 2.90. The van der Waals surface area contributed by atoms with Gasteiger partial charge in [-0.1, -0.05) is 0 Å². The Morgan fingerprint density at radius 3 is 1.83 bits per heavy atom. The van der Waals surface area contributed by atoms with Crippen molar-refractivity contribution in [3.63, 3.8) is 0 Å². The molecule has 94 valence electrons. The zero-order valence-electron chi connectivity index (χ0n) is 8.65. The predicted octanol–water partition coefficient (Wildman–Crippen LogP) is 3.03. The number of nitrogens with zero attached hydrogens (tertiary/aromatic N) is 1. The van der Waals surface area contributed by atoms with Gasteiger partial charge in [0.2, 0.25) is 5.82 Å². The van der Waals surface area contributed by atoms with E-state index in [1.54, 1.807) is 0 Å². The lowest BCUT2D eigenvalue weighted by molar-refractivity contribution is 0.381. The molecule has 1 aromatic heterocycles. The molecule has 18 heavy (non-hydrogen) atoms. The molecule has 0 unspecified atom stereocenters. The van der Waals surface area contributed by atoms with Gasteiger partial charge in [-0.2, -0.15) is 0 Å². The highest BCUT2D eigenvalue weighted by atomic mass is 19.2. The van der Waals surface area contributed by atoms with Crippen LogP contribution in [0.4, 0.5) is 27.6 Å². The first-order valence-electron chi connectivity index (χ1n) is 4.66. The Morgan fingerprint density at radius 2 is 1.33 bits per heavy atom. The fourth-order valence-electron chi connectivity index (χ4n) is 1.41. The van der Waals surface area contributed by atoms with Crippen LogP contribution in [0.25, 0.3) is 11.3 Å². The summed E-state index contributed by atoms with van der Waals surface area (Å²) in [6.07, 6.45) is 1.10. The lowest BCUT2D eigenvalue weighted by Gasteiger charge is -2.07. The van der Waals surface area contributed by atoms with E-state index in [0.29, 0.717) is 0 Å². The van der Waals surface area contributed by atoms with Crippen LogP contribution in [0, 0.1) is 29.1 Å². The smallest absolute Gasteiger partial charge is 0.200 e. The van der Waals surface area contributed by atoms with E-state index in [9.17, 15) is 22.0 Å². The number of benzene rings is 1. The number of hydrogen-bond acceptors (Lipinski definition) is 2. The van der Waals surface area contributed by atoms with Crippen molar-refractivity contribution in [3.05, 3.63) is 47.4 Å². The Balaban J connectivity index is 2.80. The minimum Gasteiger partial charge on any atom is -0.399 e. The van der Waals surface area contributed by atoms with Crippen molar-refractivity contribution < 1.29 is 22.0 Å². The van der Waals surface area contributed by atoms with Gasteiger partial charge in [0.05, 0.1) is 11.3 Å². The van der Waals surface area contributed by atoms with Crippen LogP contribution in [0.2, 0.25) is 0 Å². The van der Waals surface area contributed by atoms with Crippen molar-refractivity contribution in [2.45, 2.75) is 0 Å². The molecular formula is C11H5F5N2. The van der Waals surface area contributed by atoms with Crippen molar-refractivity contribution in [2.75, 3.05) is 5.73 Å². The Labute approximate surface area is 97.9 Å². The Bertz CT molecular complexity index is 598. The number of nitrogens with two attached hydrogens (primary N) is 1. The van der Waals surface area contributed by atoms with E-state index < -0.39 is 40.3 Å². The second-order valence-corrected chi connectivity index (χ2v) is 3.42. The standard InChI is InChI=1S/C11H5F5N2/c12-7-6(5-3-4(17)1-2-18-5)8(13)10(15)11(16)9(7)14/h1-3H,(H2,17,18). The summed E-state index contributed by atoms with van der Waals surface area (Å²) in [6.45, 7) is 0. The molecule has 0 saturated carbocycles. The van der Waals surface area contributed by atoms with E-state index >= 15 is 0 Å². The zero-order chi connectivity index (χ0) is 13.4. The number of nitrogen functional groups attached to an aromatic ring is 1. The molecule has 7 heteroatoms. The van der Waals surface area contributed by atoms with Gasteiger partial charge in [0.15, 0.2) is 23.3 Å². The summed E-state index contributed by atoms with van der Waals surface area (Å²) in [6, 6.07) is 2.33. The van der Waals surface area contributed by atoms with E-state index in [-0.39, 0.29) is 5.69 Å². The van der Waals surface area contributed by atoms with E-state index in [1.165, 1.54) is 6.07 Å². The quantitative estimate of drug-likeness (QED) is 0.486. The van der Waals surface area contributed by atoms with E-state index in [2.05, 4.69) is 4.98 Å². The minimum atomic E-state index is -2.21. The first-order chi connectivity index (χ1) is 8.43. The number of rotatable bonds is 1. The fourth-order valence-corrected chi connectivity index (χ4v) is 1.41. The number of halogens is 5. The van der Waals surface area contributed by atoms with Crippen molar-refractivity contribution in [2.24, 2.45) is 0 Å². The summed E-state index contributed by atoms with van der Waals surface area (Å²) in [4.78, 5) is 3.53. The van der Waals surface area contributed by atoms with Crippen LogP contribution in [0.15, 0.2) is 18.3 Å². The van der Waals surface area contributed by atoms with Crippen molar-refractivity contribution >= 4 is 5.69 Å². The van der Waals surface area contributed by atoms with E-state index in [0.717, 1.165) is 12.3 Å². The molecule has 0 saturated heterocycles. The molecule has 0 spiro atoms. The van der Waals surface area contributed by atoms with E-state index in [1.807, 2.05) is 0 Å². The second-order valence-electron chi connectivity index (χ2n) is 3.42. The summed E-state index contributed by atoms with van der Waals surface area (Å²) < 4.78 is 65.6. The SMILES string of the molecule is Nc1ccnc(-c2c(F)c(F)c(F)c(F)c2F)c1. The minimum absolute atomic E-state index is 0.0870. The molecule has 0 bridgehead atoms. The molecule has 2 rings (SSSR count). The maximum atomic E-state index is 13.4. The van der Waals surface area contributed by atoms with Crippen LogP contribution in [0.3, 0.4) is 0 Å². The van der Waals surface area contributed by atoms with Crippen LogP contribution >= 0.6 is 0 Å². The van der Waals surface area contributed by atoms with Crippen LogP contribution in [-0.2, 0) is 0 Å². The normalized spacial score (nSPS) is 10.7. The first kappa shape index (κ1) is 12.3. The summed E-state index contributed by atoms with van der Waals surface area (Å²) in [5, 5.41) is 0. The van der Waals surface area contributed by atoms with Gasteiger partial charge in [-0.25, -0.2) is 22.0 Å². The van der Waals surface area contributed by atoms with Gasteiger partial charge >= 0.3 is 0 Å². The third kappa shape index (κ3) is 1.77. The van der Waals surface area contributed by atoms with Gasteiger partial charge in [-0.05, 0) is 12.1 Å². The third-order valence-corrected chi connectivity index (χ3v) is 2.25. The molecule has 2 aromatic rings. The van der Waals surface area contributed by atoms with Crippen molar-refractivity contribution in [1.29, 1.82) is 0 Å². The molecule has 0 aliphatic rings. The Hall–Kier alpha value is -2.18. The molecule has 0 amide bonds. The van der Waals surface area contributed by atoms with Gasteiger partial charge in [-0.15, -0.1) is 0 Å². The third-order valence-electron chi connectivity index (χ3n) is 2.25. The molecule has 2 nitrogen and oxygen atoms in total. The zero-order valence-corrected chi connectivity index (χ0v) is 8.65. The maximum absolute atomic E-state index is 13.4. The summed E-state index contributed by atoms with van der Waals surface area (Å²) in [5.41, 5.74) is 3.92. The number of hydrogen-bond donors (Lipinski definition) is 1. The average Bonchev–Trinajstić information content (AvgIpc) is 2.34. The Morgan fingerprint density at radius 1 is 0.833 bits per heavy atom. The highest BCUT2D eigenvalue weighted by molar-refractivity contribution is 5.64. The molecule has 0 fully saturated rings. The monoisotopic (exact) mass is 260 g/mol. The molecule has 0 atom stereocenters. The van der Waals surface area contributed by atoms with Gasteiger partial charge in [0.25, 0.3) is 0 Å². The van der Waals surface area contributed by atoms with Crippen molar-refractivity contribution in [3.8, 4) is 11.3 Å². The average molecular weight is 260 g/mol. The van der Waals surface area contributed by atoms with Gasteiger partial charge in [0, 0.05) is 11.9 Å². The number of pyridine rings is 1. The molecule has 1 aromatic carbocycles. The molecule has 0 aliphatic heterocycles. The largest absolute Gasteiger partial charge is 0.399 e. The first-order valence-corrected chi connectivity index (χ1v) is 4.66. The number of aromatic nitrogens is 1. The maximum Gasteiger partial charge on any atom is 0.200 e. The van der Waals surface area contributed by atoms with Crippen LogP contribution in [0.5, 0.6) is 0 Å². The lowest BCUT2D eigenvalue weighted by atomic mass is 10.1. The second kappa shape index (κ2) is 4.25. The molecule has 2 N–H and O–H groups in total. The molecule has 0 radical (unpaired) electrons. The van der Waals surface area contributed by atoms with Gasteiger partial charge < -0.3 is 5.73 Å². The summed E-state index contributed by atoms with van der Waals surface area (Å²) in [7, 11) is 0. The predicted molar refractivity (Wildman–Crippen MR) is 53.9 cm³/mol. The van der Waals surface area contributed by atoms with Gasteiger partial charge in [-0.3, -0.25) is 4.98 Å². The van der Waals surface area contributed by atoms with Crippen LogP contribution in [-0.4, -0.2) is 4.98 Å². The van der Waals surface area contributed by atoms with Crippen molar-refractivity contribution in [1.82, 2.24) is 4.98 Å². The lowest BCUT2D eigenvalue weighted by Crippen LogP contribution is -2.05. The summed E-state index contributed by atoms with van der Waals surface area (Å²) in [5.74, 6) is -10.1. The van der Waals surface area contributed by atoms with Gasteiger partial charge in [0.1, 0.15) is 0 Å². The highest BCUT2D eigenvalue weighted by Gasteiger charge is 2.27. The molecule has 1 heterocycles. The molecular weight excluding hydrogens is 255 g/mol. The number of anilines is 1. The van der Waals surface area contributed by atoms with E-state index in [4.69, 9.17) is 5.73 Å².